The van der Waals surface area contributed by atoms with Crippen LogP contribution in [-0.4, -0.2) is 48.0 Å². The first-order valence-corrected chi connectivity index (χ1v) is 8.03. The van der Waals surface area contributed by atoms with Crippen LogP contribution in [0.4, 0.5) is 0 Å². The van der Waals surface area contributed by atoms with Crippen molar-refractivity contribution >= 4 is 15.7 Å². The standard InChI is InChI=1S/C11H20N4O3S/c1-9(7-15-5-4-13-8-15)14-11(16)10(12)3-6-19(2,17)18/h4-5,8-10H,3,6-7,12H2,1-2H3,(H,14,16). The molecular formula is C11H20N4O3S. The van der Waals surface area contributed by atoms with Gasteiger partial charge in [0.1, 0.15) is 9.84 Å². The highest BCUT2D eigenvalue weighted by molar-refractivity contribution is 7.90. The largest absolute Gasteiger partial charge is 0.351 e. The predicted octanol–water partition coefficient (Wildman–Crippen LogP) is -0.850. The molecule has 2 unspecified atom stereocenters. The highest BCUT2D eigenvalue weighted by atomic mass is 32.2. The summed E-state index contributed by atoms with van der Waals surface area (Å²) in [6.07, 6.45) is 6.37. The molecule has 0 spiro atoms. The molecule has 19 heavy (non-hydrogen) atoms. The van der Waals surface area contributed by atoms with E-state index < -0.39 is 15.9 Å². The second-order valence-corrected chi connectivity index (χ2v) is 6.95. The predicted molar refractivity (Wildman–Crippen MR) is 72.1 cm³/mol. The first-order valence-electron chi connectivity index (χ1n) is 5.97. The van der Waals surface area contributed by atoms with E-state index in [0.29, 0.717) is 6.54 Å². The molecule has 2 atom stereocenters. The lowest BCUT2D eigenvalue weighted by atomic mass is 10.2. The van der Waals surface area contributed by atoms with Gasteiger partial charge in [0, 0.05) is 31.2 Å². The van der Waals surface area contributed by atoms with E-state index >= 15 is 0 Å². The van der Waals surface area contributed by atoms with E-state index in [0.717, 1.165) is 6.26 Å². The van der Waals surface area contributed by atoms with Gasteiger partial charge in [0.05, 0.1) is 18.1 Å². The Labute approximate surface area is 113 Å². The van der Waals surface area contributed by atoms with Gasteiger partial charge in [0.2, 0.25) is 5.91 Å². The molecule has 3 N–H and O–H groups in total. The van der Waals surface area contributed by atoms with Crippen molar-refractivity contribution in [1.82, 2.24) is 14.9 Å². The van der Waals surface area contributed by atoms with Crippen molar-refractivity contribution in [2.24, 2.45) is 5.73 Å². The Morgan fingerprint density at radius 2 is 2.21 bits per heavy atom. The molecule has 0 aliphatic carbocycles. The van der Waals surface area contributed by atoms with Crippen molar-refractivity contribution in [1.29, 1.82) is 0 Å². The maximum absolute atomic E-state index is 11.7. The van der Waals surface area contributed by atoms with Gasteiger partial charge in [0.15, 0.2) is 0 Å². The lowest BCUT2D eigenvalue weighted by Crippen LogP contribution is -2.46. The molecule has 1 rings (SSSR count). The third kappa shape index (κ3) is 6.35. The number of amides is 1. The van der Waals surface area contributed by atoms with Crippen molar-refractivity contribution in [3.05, 3.63) is 18.7 Å². The molecule has 1 aromatic rings. The monoisotopic (exact) mass is 288 g/mol. The van der Waals surface area contributed by atoms with Crippen molar-refractivity contribution in [3.8, 4) is 0 Å². The van der Waals surface area contributed by atoms with Crippen LogP contribution in [0, 0.1) is 0 Å². The minimum absolute atomic E-state index is 0.0858. The minimum Gasteiger partial charge on any atom is -0.351 e. The summed E-state index contributed by atoms with van der Waals surface area (Å²) in [6, 6.07) is -0.911. The molecule has 0 saturated carbocycles. The number of hydrogen-bond donors (Lipinski definition) is 2. The van der Waals surface area contributed by atoms with Crippen molar-refractivity contribution in [3.63, 3.8) is 0 Å². The molecule has 8 heteroatoms. The number of imidazole rings is 1. The van der Waals surface area contributed by atoms with Crippen LogP contribution in [-0.2, 0) is 21.2 Å². The summed E-state index contributed by atoms with van der Waals surface area (Å²) in [4.78, 5) is 15.6. The Morgan fingerprint density at radius 3 is 2.74 bits per heavy atom. The zero-order chi connectivity index (χ0) is 14.5. The van der Waals surface area contributed by atoms with Crippen LogP contribution in [0.3, 0.4) is 0 Å². The fourth-order valence-corrected chi connectivity index (χ4v) is 2.26. The van der Waals surface area contributed by atoms with Crippen LogP contribution in [0.5, 0.6) is 0 Å². The topological polar surface area (TPSA) is 107 Å². The molecule has 0 fully saturated rings. The number of nitrogens with zero attached hydrogens (tertiary/aromatic N) is 2. The summed E-state index contributed by atoms with van der Waals surface area (Å²) in [5.41, 5.74) is 5.65. The molecular weight excluding hydrogens is 268 g/mol. The second-order valence-electron chi connectivity index (χ2n) is 4.69. The first kappa shape index (κ1) is 15.6. The maximum Gasteiger partial charge on any atom is 0.237 e. The molecule has 0 radical (unpaired) electrons. The van der Waals surface area contributed by atoms with E-state index in [-0.39, 0.29) is 24.1 Å². The van der Waals surface area contributed by atoms with Gasteiger partial charge in [-0.1, -0.05) is 0 Å². The van der Waals surface area contributed by atoms with Gasteiger partial charge in [-0.3, -0.25) is 4.79 Å². The van der Waals surface area contributed by atoms with Crippen molar-refractivity contribution in [2.75, 3.05) is 12.0 Å². The van der Waals surface area contributed by atoms with Crippen molar-refractivity contribution < 1.29 is 13.2 Å². The van der Waals surface area contributed by atoms with Gasteiger partial charge >= 0.3 is 0 Å². The van der Waals surface area contributed by atoms with E-state index in [4.69, 9.17) is 5.73 Å². The lowest BCUT2D eigenvalue weighted by Gasteiger charge is -2.17. The number of aromatic nitrogens is 2. The average molecular weight is 288 g/mol. The minimum atomic E-state index is -3.09. The normalized spacial score (nSPS) is 14.9. The third-order valence-electron chi connectivity index (χ3n) is 2.57. The van der Waals surface area contributed by atoms with E-state index in [1.807, 2.05) is 11.5 Å². The van der Waals surface area contributed by atoms with Gasteiger partial charge in [-0.15, -0.1) is 0 Å². The number of carbonyl (C=O) groups is 1. The Morgan fingerprint density at radius 1 is 1.53 bits per heavy atom. The second kappa shape index (κ2) is 6.67. The molecule has 1 heterocycles. The molecule has 7 nitrogen and oxygen atoms in total. The molecule has 0 bridgehead atoms. The molecule has 108 valence electrons. The highest BCUT2D eigenvalue weighted by Gasteiger charge is 2.17. The Hall–Kier alpha value is -1.41. The van der Waals surface area contributed by atoms with Gasteiger partial charge in [-0.25, -0.2) is 13.4 Å². The molecule has 0 aliphatic heterocycles. The molecule has 1 amide bonds. The summed E-state index contributed by atoms with van der Waals surface area (Å²) in [7, 11) is -3.09. The summed E-state index contributed by atoms with van der Waals surface area (Å²) >= 11 is 0. The van der Waals surface area contributed by atoms with Crippen LogP contribution in [0.15, 0.2) is 18.7 Å². The quantitative estimate of drug-likeness (QED) is 0.679. The number of carbonyl (C=O) groups excluding carboxylic acids is 1. The van der Waals surface area contributed by atoms with E-state index in [9.17, 15) is 13.2 Å². The van der Waals surface area contributed by atoms with Crippen LogP contribution in [0.2, 0.25) is 0 Å². The van der Waals surface area contributed by atoms with E-state index in [2.05, 4.69) is 10.3 Å². The number of nitrogens with two attached hydrogens (primary N) is 1. The summed E-state index contributed by atoms with van der Waals surface area (Å²) < 4.78 is 23.8. The lowest BCUT2D eigenvalue weighted by molar-refractivity contribution is -0.123. The van der Waals surface area contributed by atoms with Gasteiger partial charge in [0.25, 0.3) is 0 Å². The van der Waals surface area contributed by atoms with E-state index in [1.165, 1.54) is 0 Å². The molecule has 0 aliphatic rings. The van der Waals surface area contributed by atoms with Gasteiger partial charge in [-0.05, 0) is 13.3 Å². The summed E-state index contributed by atoms with van der Waals surface area (Å²) in [6.45, 7) is 2.44. The van der Waals surface area contributed by atoms with Crippen LogP contribution < -0.4 is 11.1 Å². The third-order valence-corrected chi connectivity index (χ3v) is 3.55. The number of hydrogen-bond acceptors (Lipinski definition) is 5. The van der Waals surface area contributed by atoms with Gasteiger partial charge < -0.3 is 15.6 Å². The fourth-order valence-electron chi connectivity index (χ4n) is 1.58. The molecule has 1 aromatic heterocycles. The highest BCUT2D eigenvalue weighted by Crippen LogP contribution is 1.97. The van der Waals surface area contributed by atoms with Crippen LogP contribution >= 0.6 is 0 Å². The SMILES string of the molecule is CC(Cn1ccnc1)NC(=O)C(N)CCS(C)(=O)=O. The number of sulfone groups is 1. The van der Waals surface area contributed by atoms with Crippen LogP contribution in [0.25, 0.3) is 0 Å². The Balaban J connectivity index is 2.37. The average Bonchev–Trinajstić information content (AvgIpc) is 2.77. The van der Waals surface area contributed by atoms with E-state index in [1.54, 1.807) is 18.7 Å². The summed E-state index contributed by atoms with van der Waals surface area (Å²) in [5.74, 6) is -0.423. The van der Waals surface area contributed by atoms with Crippen LogP contribution in [0.1, 0.15) is 13.3 Å². The Bertz CT molecular complexity index is 498. The fraction of sp³-hybridized carbons (Fsp3) is 0.636. The number of rotatable bonds is 7. The van der Waals surface area contributed by atoms with Crippen molar-refractivity contribution in [2.45, 2.75) is 32.0 Å². The Kier molecular flexibility index (Phi) is 5.49. The number of nitrogens with one attached hydrogen (secondary N) is 1. The summed E-state index contributed by atoms with van der Waals surface area (Å²) in [5, 5.41) is 2.75. The molecule has 0 aromatic carbocycles. The first-order chi connectivity index (χ1) is 8.78. The van der Waals surface area contributed by atoms with Gasteiger partial charge in [-0.2, -0.15) is 0 Å². The molecule has 0 saturated heterocycles. The zero-order valence-corrected chi connectivity index (χ0v) is 11.9. The smallest absolute Gasteiger partial charge is 0.237 e. The maximum atomic E-state index is 11.7. The zero-order valence-electron chi connectivity index (χ0n) is 11.1.